The number of aromatic nitrogens is 2. The summed E-state index contributed by atoms with van der Waals surface area (Å²) in [5.74, 6) is 2.57. The molecule has 0 saturated heterocycles. The topological polar surface area (TPSA) is 29.0 Å². The Hall–Kier alpha value is -0.830. The van der Waals surface area contributed by atoms with Crippen LogP contribution in [0.1, 0.15) is 57.2 Å². The fraction of sp³-hybridized carbons (Fsp3) is 0.714. The van der Waals surface area contributed by atoms with Gasteiger partial charge in [-0.05, 0) is 32.1 Å². The van der Waals surface area contributed by atoms with E-state index >= 15 is 0 Å². The van der Waals surface area contributed by atoms with E-state index < -0.39 is 0 Å². The Morgan fingerprint density at radius 3 is 2.67 bits per heavy atom. The number of halogens is 1. The first-order chi connectivity index (χ1) is 8.78. The van der Waals surface area contributed by atoms with Crippen molar-refractivity contribution in [1.82, 2.24) is 9.97 Å². The fourth-order valence-electron chi connectivity index (χ4n) is 2.29. The summed E-state index contributed by atoms with van der Waals surface area (Å²) < 4.78 is 0. The molecule has 2 saturated carbocycles. The second kappa shape index (κ2) is 5.04. The Kier molecular flexibility index (Phi) is 3.42. The first-order valence-electron chi connectivity index (χ1n) is 7.09. The van der Waals surface area contributed by atoms with Crippen LogP contribution >= 0.6 is 11.6 Å². The summed E-state index contributed by atoms with van der Waals surface area (Å²) in [6.07, 6.45) is 7.47. The van der Waals surface area contributed by atoms with E-state index in [0.29, 0.717) is 17.1 Å². The standard InChI is InChI=1S/C14H20ClN3/c1-2-3-8-18(11-6-7-11)13-9-12(15)16-14(17-13)10-4-5-10/h9-11H,2-8H2,1H3. The van der Waals surface area contributed by atoms with E-state index in [4.69, 9.17) is 16.6 Å². The van der Waals surface area contributed by atoms with E-state index in [0.717, 1.165) is 18.2 Å². The Labute approximate surface area is 114 Å². The highest BCUT2D eigenvalue weighted by Crippen LogP contribution is 2.40. The highest BCUT2D eigenvalue weighted by molar-refractivity contribution is 6.29. The van der Waals surface area contributed by atoms with Gasteiger partial charge in [0.25, 0.3) is 0 Å². The predicted octanol–water partition coefficient (Wildman–Crippen LogP) is 3.78. The Morgan fingerprint density at radius 2 is 2.06 bits per heavy atom. The molecule has 2 aliphatic carbocycles. The van der Waals surface area contributed by atoms with Crippen molar-refractivity contribution in [2.24, 2.45) is 0 Å². The van der Waals surface area contributed by atoms with Crippen LogP contribution in [-0.4, -0.2) is 22.6 Å². The predicted molar refractivity (Wildman–Crippen MR) is 74.3 cm³/mol. The first-order valence-corrected chi connectivity index (χ1v) is 7.47. The molecular weight excluding hydrogens is 246 g/mol. The molecule has 1 aromatic rings. The van der Waals surface area contributed by atoms with Gasteiger partial charge in [-0.2, -0.15) is 0 Å². The van der Waals surface area contributed by atoms with E-state index in [1.807, 2.05) is 6.07 Å². The average molecular weight is 266 g/mol. The second-order valence-corrected chi connectivity index (χ2v) is 5.85. The lowest BCUT2D eigenvalue weighted by atomic mass is 10.3. The summed E-state index contributed by atoms with van der Waals surface area (Å²) in [5, 5.41) is 0.601. The third-order valence-electron chi connectivity index (χ3n) is 3.68. The molecule has 4 heteroatoms. The second-order valence-electron chi connectivity index (χ2n) is 5.46. The van der Waals surface area contributed by atoms with Crippen LogP contribution in [0.2, 0.25) is 5.15 Å². The third-order valence-corrected chi connectivity index (χ3v) is 3.87. The molecule has 18 heavy (non-hydrogen) atoms. The molecule has 0 bridgehead atoms. The normalized spacial score (nSPS) is 19.0. The van der Waals surface area contributed by atoms with Crippen molar-refractivity contribution in [1.29, 1.82) is 0 Å². The molecule has 1 aromatic heterocycles. The minimum atomic E-state index is 0.565. The number of anilines is 1. The molecule has 2 fully saturated rings. The molecule has 2 aliphatic rings. The Morgan fingerprint density at radius 1 is 1.28 bits per heavy atom. The highest BCUT2D eigenvalue weighted by atomic mass is 35.5. The highest BCUT2D eigenvalue weighted by Gasteiger charge is 2.32. The van der Waals surface area contributed by atoms with E-state index in [-0.39, 0.29) is 0 Å². The maximum Gasteiger partial charge on any atom is 0.135 e. The van der Waals surface area contributed by atoms with E-state index in [1.165, 1.54) is 38.5 Å². The van der Waals surface area contributed by atoms with Crippen molar-refractivity contribution in [3.63, 3.8) is 0 Å². The average Bonchev–Trinajstić information content (AvgIpc) is 3.21. The summed E-state index contributed by atoms with van der Waals surface area (Å²) in [6.45, 7) is 3.33. The van der Waals surface area contributed by atoms with Gasteiger partial charge in [0.05, 0.1) is 0 Å². The zero-order valence-corrected chi connectivity index (χ0v) is 11.7. The molecule has 0 unspecified atom stereocenters. The zero-order chi connectivity index (χ0) is 12.5. The minimum absolute atomic E-state index is 0.565. The molecule has 3 nitrogen and oxygen atoms in total. The SMILES string of the molecule is CCCCN(c1cc(Cl)nc(C2CC2)n1)C1CC1. The molecule has 98 valence electrons. The monoisotopic (exact) mass is 265 g/mol. The number of rotatable bonds is 6. The van der Waals surface area contributed by atoms with Crippen LogP contribution < -0.4 is 4.90 Å². The smallest absolute Gasteiger partial charge is 0.135 e. The maximum absolute atomic E-state index is 6.15. The summed E-state index contributed by atoms with van der Waals surface area (Å²) >= 11 is 6.15. The minimum Gasteiger partial charge on any atom is -0.353 e. The van der Waals surface area contributed by atoms with Crippen LogP contribution in [0, 0.1) is 0 Å². The van der Waals surface area contributed by atoms with Crippen molar-refractivity contribution >= 4 is 17.4 Å². The van der Waals surface area contributed by atoms with Crippen LogP contribution in [0.15, 0.2) is 6.07 Å². The number of unbranched alkanes of at least 4 members (excludes halogenated alkanes) is 1. The van der Waals surface area contributed by atoms with Gasteiger partial charge >= 0.3 is 0 Å². The number of nitrogens with zero attached hydrogens (tertiary/aromatic N) is 3. The van der Waals surface area contributed by atoms with Gasteiger partial charge in [0.15, 0.2) is 0 Å². The molecule has 0 spiro atoms. The lowest BCUT2D eigenvalue weighted by Gasteiger charge is -2.23. The van der Waals surface area contributed by atoms with Gasteiger partial charge in [0, 0.05) is 24.6 Å². The van der Waals surface area contributed by atoms with Crippen molar-refractivity contribution in [3.05, 3.63) is 17.0 Å². The van der Waals surface area contributed by atoms with Gasteiger partial charge in [0.1, 0.15) is 16.8 Å². The van der Waals surface area contributed by atoms with Crippen LogP contribution in [0.5, 0.6) is 0 Å². The molecule has 0 aromatic carbocycles. The molecule has 0 atom stereocenters. The van der Waals surface area contributed by atoms with Crippen molar-refractivity contribution in [3.8, 4) is 0 Å². The zero-order valence-electron chi connectivity index (χ0n) is 10.9. The number of hydrogen-bond donors (Lipinski definition) is 0. The van der Waals surface area contributed by atoms with E-state index in [2.05, 4.69) is 16.8 Å². The van der Waals surface area contributed by atoms with Gasteiger partial charge < -0.3 is 4.90 Å². The van der Waals surface area contributed by atoms with Crippen molar-refractivity contribution in [2.45, 2.75) is 57.4 Å². The molecule has 0 N–H and O–H groups in total. The number of hydrogen-bond acceptors (Lipinski definition) is 3. The summed E-state index contributed by atoms with van der Waals surface area (Å²) in [5.41, 5.74) is 0. The quantitative estimate of drug-likeness (QED) is 0.733. The van der Waals surface area contributed by atoms with Crippen molar-refractivity contribution in [2.75, 3.05) is 11.4 Å². The van der Waals surface area contributed by atoms with E-state index in [1.54, 1.807) is 0 Å². The maximum atomic E-state index is 6.15. The van der Waals surface area contributed by atoms with Crippen molar-refractivity contribution < 1.29 is 0 Å². The van der Waals surface area contributed by atoms with Crippen LogP contribution in [0.4, 0.5) is 5.82 Å². The van der Waals surface area contributed by atoms with Gasteiger partial charge in [-0.25, -0.2) is 9.97 Å². The molecule has 0 radical (unpaired) electrons. The lowest BCUT2D eigenvalue weighted by Crippen LogP contribution is -2.28. The third kappa shape index (κ3) is 2.77. The van der Waals surface area contributed by atoms with Gasteiger partial charge in [-0.3, -0.25) is 0 Å². The van der Waals surface area contributed by atoms with Crippen LogP contribution in [0.3, 0.4) is 0 Å². The summed E-state index contributed by atoms with van der Waals surface area (Å²) in [6, 6.07) is 2.62. The largest absolute Gasteiger partial charge is 0.353 e. The lowest BCUT2D eigenvalue weighted by molar-refractivity contribution is 0.699. The Bertz CT molecular complexity index is 427. The first kappa shape index (κ1) is 12.2. The van der Waals surface area contributed by atoms with Gasteiger partial charge in [-0.1, -0.05) is 24.9 Å². The molecular formula is C14H20ClN3. The molecule has 0 amide bonds. The van der Waals surface area contributed by atoms with Gasteiger partial charge in [0.2, 0.25) is 0 Å². The van der Waals surface area contributed by atoms with Crippen LogP contribution in [-0.2, 0) is 0 Å². The summed E-state index contributed by atoms with van der Waals surface area (Å²) in [4.78, 5) is 11.5. The molecule has 1 heterocycles. The molecule has 3 rings (SSSR count). The Balaban J connectivity index is 1.83. The fourth-order valence-corrected chi connectivity index (χ4v) is 2.48. The van der Waals surface area contributed by atoms with Crippen LogP contribution in [0.25, 0.3) is 0 Å². The summed E-state index contributed by atoms with van der Waals surface area (Å²) in [7, 11) is 0. The van der Waals surface area contributed by atoms with E-state index in [9.17, 15) is 0 Å². The molecule has 0 aliphatic heterocycles. The van der Waals surface area contributed by atoms with Gasteiger partial charge in [-0.15, -0.1) is 0 Å².